The first kappa shape index (κ1) is 15.9. The third kappa shape index (κ3) is 3.51. The van der Waals surface area contributed by atoms with Gasteiger partial charge in [0.2, 0.25) is 0 Å². The van der Waals surface area contributed by atoms with Gasteiger partial charge in [0.15, 0.2) is 5.82 Å². The maximum Gasteiger partial charge on any atom is 0.270 e. The predicted octanol–water partition coefficient (Wildman–Crippen LogP) is 3.11. The number of carbonyl (C=O) groups is 1. The Morgan fingerprint density at radius 1 is 1.20 bits per heavy atom. The minimum Gasteiger partial charge on any atom is -0.305 e. The minimum atomic E-state index is -0.481. The average molecular weight is 333 g/mol. The lowest BCUT2D eigenvalue weighted by Gasteiger charge is -2.01. The van der Waals surface area contributed by atoms with Gasteiger partial charge in [0.05, 0.1) is 22.2 Å². The van der Waals surface area contributed by atoms with E-state index in [1.54, 1.807) is 36.4 Å². The maximum atomic E-state index is 12.2. The molecule has 0 aliphatic rings. The molecule has 0 unspecified atom stereocenters. The lowest BCUT2D eigenvalue weighted by Crippen LogP contribution is -2.12. The Balaban J connectivity index is 1.80. The van der Waals surface area contributed by atoms with Gasteiger partial charge in [-0.2, -0.15) is 10.4 Å². The second kappa shape index (κ2) is 6.64. The van der Waals surface area contributed by atoms with Crippen LogP contribution in [0.2, 0.25) is 0 Å². The maximum absolute atomic E-state index is 12.2. The third-order valence-corrected chi connectivity index (χ3v) is 3.44. The zero-order valence-electron chi connectivity index (χ0n) is 12.8. The van der Waals surface area contributed by atoms with E-state index in [4.69, 9.17) is 5.26 Å². The van der Waals surface area contributed by atoms with E-state index in [0.29, 0.717) is 22.4 Å². The molecule has 0 bridgehead atoms. The first-order valence-electron chi connectivity index (χ1n) is 7.18. The number of H-pyrrole nitrogens is 1. The highest BCUT2D eigenvalue weighted by atomic mass is 16.6. The highest BCUT2D eigenvalue weighted by Crippen LogP contribution is 2.24. The van der Waals surface area contributed by atoms with Gasteiger partial charge in [0.25, 0.3) is 11.6 Å². The quantitative estimate of drug-likeness (QED) is 0.560. The third-order valence-electron chi connectivity index (χ3n) is 3.44. The predicted molar refractivity (Wildman–Crippen MR) is 89.8 cm³/mol. The summed E-state index contributed by atoms with van der Waals surface area (Å²) in [6, 6.07) is 15.9. The molecule has 122 valence electrons. The van der Waals surface area contributed by atoms with E-state index < -0.39 is 10.8 Å². The van der Waals surface area contributed by atoms with E-state index in [2.05, 4.69) is 15.5 Å². The van der Waals surface area contributed by atoms with Gasteiger partial charge in [-0.15, -0.1) is 0 Å². The van der Waals surface area contributed by atoms with Crippen molar-refractivity contribution >= 4 is 17.4 Å². The van der Waals surface area contributed by atoms with E-state index >= 15 is 0 Å². The summed E-state index contributed by atoms with van der Waals surface area (Å²) in [6.45, 7) is 0. The fourth-order valence-electron chi connectivity index (χ4n) is 2.24. The van der Waals surface area contributed by atoms with E-state index in [-0.39, 0.29) is 11.5 Å². The van der Waals surface area contributed by atoms with Crippen LogP contribution >= 0.6 is 0 Å². The summed E-state index contributed by atoms with van der Waals surface area (Å²) in [6.07, 6.45) is 0. The SMILES string of the molecule is N#Cc1cccc(C(=O)Nc2cc(-c3cccc([N+](=O)[O-])c3)[nH]n2)c1. The number of benzene rings is 2. The van der Waals surface area contributed by atoms with Gasteiger partial charge in [-0.25, -0.2) is 0 Å². The minimum absolute atomic E-state index is 0.0361. The van der Waals surface area contributed by atoms with Crippen molar-refractivity contribution in [1.82, 2.24) is 10.2 Å². The van der Waals surface area contributed by atoms with Crippen LogP contribution in [0.3, 0.4) is 0 Å². The number of nitro groups is 1. The Morgan fingerprint density at radius 3 is 2.76 bits per heavy atom. The molecule has 25 heavy (non-hydrogen) atoms. The highest BCUT2D eigenvalue weighted by molar-refractivity contribution is 6.04. The summed E-state index contributed by atoms with van der Waals surface area (Å²) in [7, 11) is 0. The number of amides is 1. The molecule has 0 fully saturated rings. The monoisotopic (exact) mass is 333 g/mol. The van der Waals surface area contributed by atoms with Crippen molar-refractivity contribution in [1.29, 1.82) is 5.26 Å². The molecule has 2 aromatic carbocycles. The fourth-order valence-corrected chi connectivity index (χ4v) is 2.24. The van der Waals surface area contributed by atoms with Crippen LogP contribution in [0.15, 0.2) is 54.6 Å². The number of aromatic amines is 1. The number of hydrogen-bond donors (Lipinski definition) is 2. The van der Waals surface area contributed by atoms with Crippen LogP contribution in [-0.2, 0) is 0 Å². The second-order valence-electron chi connectivity index (χ2n) is 5.12. The van der Waals surface area contributed by atoms with Crippen molar-refractivity contribution in [3.05, 3.63) is 75.8 Å². The molecule has 0 saturated carbocycles. The van der Waals surface area contributed by atoms with Crippen LogP contribution in [0.5, 0.6) is 0 Å². The Bertz CT molecular complexity index is 1000. The van der Waals surface area contributed by atoms with Crippen molar-refractivity contribution in [2.24, 2.45) is 0 Å². The van der Waals surface area contributed by atoms with Crippen LogP contribution in [-0.4, -0.2) is 21.0 Å². The van der Waals surface area contributed by atoms with E-state index in [0.717, 1.165) is 0 Å². The van der Waals surface area contributed by atoms with Crippen molar-refractivity contribution in [2.45, 2.75) is 0 Å². The summed E-state index contributed by atoms with van der Waals surface area (Å²) in [5.41, 5.74) is 1.79. The Morgan fingerprint density at radius 2 is 2.00 bits per heavy atom. The molecular weight excluding hydrogens is 322 g/mol. The van der Waals surface area contributed by atoms with Crippen LogP contribution in [0.1, 0.15) is 15.9 Å². The molecule has 8 nitrogen and oxygen atoms in total. The molecule has 0 atom stereocenters. The van der Waals surface area contributed by atoms with Crippen LogP contribution < -0.4 is 5.32 Å². The largest absolute Gasteiger partial charge is 0.305 e. The first-order valence-corrected chi connectivity index (χ1v) is 7.18. The number of nitrogens with one attached hydrogen (secondary N) is 2. The molecule has 1 amide bonds. The molecule has 3 rings (SSSR count). The van der Waals surface area contributed by atoms with Gasteiger partial charge in [-0.3, -0.25) is 20.0 Å². The number of anilines is 1. The molecule has 1 aromatic heterocycles. The van der Waals surface area contributed by atoms with Crippen LogP contribution in [0, 0.1) is 21.4 Å². The molecule has 2 N–H and O–H groups in total. The standard InChI is InChI=1S/C17H11N5O3/c18-10-11-3-1-5-13(7-11)17(23)19-16-9-15(20-21-16)12-4-2-6-14(8-12)22(24)25/h1-9H,(H2,19,20,21,23). The summed E-state index contributed by atoms with van der Waals surface area (Å²) in [4.78, 5) is 22.6. The van der Waals surface area contributed by atoms with Gasteiger partial charge in [-0.05, 0) is 18.2 Å². The second-order valence-corrected chi connectivity index (χ2v) is 5.12. The number of carbonyl (C=O) groups excluding carboxylic acids is 1. The number of nitro benzene ring substituents is 1. The van der Waals surface area contributed by atoms with Crippen molar-refractivity contribution in [3.63, 3.8) is 0 Å². The molecule has 8 heteroatoms. The fraction of sp³-hybridized carbons (Fsp3) is 0. The van der Waals surface area contributed by atoms with Crippen molar-refractivity contribution < 1.29 is 9.72 Å². The van der Waals surface area contributed by atoms with Gasteiger partial charge in [0.1, 0.15) is 0 Å². The summed E-state index contributed by atoms with van der Waals surface area (Å²) >= 11 is 0. The lowest BCUT2D eigenvalue weighted by molar-refractivity contribution is -0.384. The molecule has 0 aliphatic carbocycles. The molecular formula is C17H11N5O3. The zero-order valence-corrected chi connectivity index (χ0v) is 12.8. The summed E-state index contributed by atoms with van der Waals surface area (Å²) in [5, 5.41) is 29.0. The smallest absolute Gasteiger partial charge is 0.270 e. The van der Waals surface area contributed by atoms with E-state index in [1.807, 2.05) is 6.07 Å². The van der Waals surface area contributed by atoms with E-state index in [9.17, 15) is 14.9 Å². The van der Waals surface area contributed by atoms with Gasteiger partial charge < -0.3 is 5.32 Å². The Labute approximate surface area is 141 Å². The molecule has 3 aromatic rings. The molecule has 0 spiro atoms. The average Bonchev–Trinajstić information content (AvgIpc) is 3.10. The number of hydrogen-bond acceptors (Lipinski definition) is 5. The molecule has 0 saturated heterocycles. The highest BCUT2D eigenvalue weighted by Gasteiger charge is 2.12. The van der Waals surface area contributed by atoms with Crippen molar-refractivity contribution in [2.75, 3.05) is 5.32 Å². The molecule has 0 radical (unpaired) electrons. The Kier molecular flexibility index (Phi) is 4.22. The normalized spacial score (nSPS) is 10.0. The zero-order chi connectivity index (χ0) is 17.8. The van der Waals surface area contributed by atoms with Gasteiger partial charge in [0, 0.05) is 29.3 Å². The van der Waals surface area contributed by atoms with Gasteiger partial charge in [-0.1, -0.05) is 18.2 Å². The molecule has 1 heterocycles. The Hall–Kier alpha value is -3.99. The molecule has 0 aliphatic heterocycles. The number of nitriles is 1. The number of non-ortho nitro benzene ring substituents is 1. The summed E-state index contributed by atoms with van der Waals surface area (Å²) < 4.78 is 0. The lowest BCUT2D eigenvalue weighted by atomic mass is 10.1. The van der Waals surface area contributed by atoms with Gasteiger partial charge >= 0.3 is 0 Å². The van der Waals surface area contributed by atoms with E-state index in [1.165, 1.54) is 18.2 Å². The van der Waals surface area contributed by atoms with Crippen LogP contribution in [0.25, 0.3) is 11.3 Å². The number of nitrogens with zero attached hydrogens (tertiary/aromatic N) is 3. The number of rotatable bonds is 4. The van der Waals surface area contributed by atoms with Crippen molar-refractivity contribution in [3.8, 4) is 17.3 Å². The van der Waals surface area contributed by atoms with Crippen LogP contribution in [0.4, 0.5) is 11.5 Å². The summed E-state index contributed by atoms with van der Waals surface area (Å²) in [5.74, 6) is -0.136. The first-order chi connectivity index (χ1) is 12.1. The number of aromatic nitrogens is 2. The topological polar surface area (TPSA) is 125 Å².